The molecule has 70 valence electrons. The van der Waals surface area contributed by atoms with Gasteiger partial charge in [0.25, 0.3) is 0 Å². The van der Waals surface area contributed by atoms with Crippen LogP contribution in [0.2, 0.25) is 0 Å². The van der Waals surface area contributed by atoms with Gasteiger partial charge in [0.05, 0.1) is 0 Å². The van der Waals surface area contributed by atoms with Gasteiger partial charge in [0.1, 0.15) is 5.75 Å². The summed E-state index contributed by atoms with van der Waals surface area (Å²) < 4.78 is 0. The van der Waals surface area contributed by atoms with E-state index in [0.717, 1.165) is 18.4 Å². The highest BCUT2D eigenvalue weighted by atomic mass is 16.3. The Morgan fingerprint density at radius 1 is 1.46 bits per heavy atom. The predicted octanol–water partition coefficient (Wildman–Crippen LogP) is 2.55. The predicted molar refractivity (Wildman–Crippen MR) is 52.1 cm³/mol. The van der Waals surface area contributed by atoms with Crippen LogP contribution in [-0.4, -0.2) is 10.9 Å². The van der Waals surface area contributed by atoms with Gasteiger partial charge in [-0.3, -0.25) is 4.79 Å². The minimum Gasteiger partial charge on any atom is -0.508 e. The molecule has 1 rings (SSSR count). The van der Waals surface area contributed by atoms with Crippen molar-refractivity contribution in [2.45, 2.75) is 26.7 Å². The third-order valence-electron chi connectivity index (χ3n) is 2.03. The Labute approximate surface area is 78.2 Å². The number of phenolic OH excluding ortho intramolecular Hbond substituents is 1. The molecule has 0 amide bonds. The number of Topliss-reactive ketones (excluding diaryl/α,β-unsaturated/α-hetero) is 1. The summed E-state index contributed by atoms with van der Waals surface area (Å²) in [5.41, 5.74) is 1.42. The van der Waals surface area contributed by atoms with Crippen LogP contribution in [-0.2, 0) is 6.42 Å². The molecule has 0 aliphatic rings. The second kappa shape index (κ2) is 4.08. The van der Waals surface area contributed by atoms with Crippen LogP contribution in [0.3, 0.4) is 0 Å². The van der Waals surface area contributed by atoms with Crippen LogP contribution in [0.15, 0.2) is 18.2 Å². The summed E-state index contributed by atoms with van der Waals surface area (Å²) in [5.74, 6) is 0.244. The van der Waals surface area contributed by atoms with E-state index in [9.17, 15) is 9.90 Å². The Hall–Kier alpha value is -1.31. The van der Waals surface area contributed by atoms with Gasteiger partial charge in [-0.15, -0.1) is 0 Å². The minimum absolute atomic E-state index is 0.0133. The first-order valence-corrected chi connectivity index (χ1v) is 4.48. The molecule has 0 radical (unpaired) electrons. The monoisotopic (exact) mass is 178 g/mol. The molecule has 1 aromatic rings. The summed E-state index contributed by atoms with van der Waals surface area (Å²) in [7, 11) is 0. The highest BCUT2D eigenvalue weighted by molar-refractivity contribution is 5.96. The molecule has 0 aliphatic carbocycles. The lowest BCUT2D eigenvalue weighted by Crippen LogP contribution is -1.99. The molecule has 1 aromatic carbocycles. The number of benzene rings is 1. The summed E-state index contributed by atoms with van der Waals surface area (Å²) >= 11 is 0. The van der Waals surface area contributed by atoms with E-state index in [0.29, 0.717) is 5.56 Å². The van der Waals surface area contributed by atoms with Gasteiger partial charge in [-0.05, 0) is 19.4 Å². The van der Waals surface area contributed by atoms with E-state index >= 15 is 0 Å². The number of carbonyl (C=O) groups excluding carboxylic acids is 1. The van der Waals surface area contributed by atoms with Crippen LogP contribution in [0, 0.1) is 0 Å². The summed E-state index contributed by atoms with van der Waals surface area (Å²) in [6, 6.07) is 5.08. The zero-order valence-corrected chi connectivity index (χ0v) is 8.00. The van der Waals surface area contributed by atoms with E-state index in [-0.39, 0.29) is 11.5 Å². The van der Waals surface area contributed by atoms with E-state index in [1.807, 2.05) is 6.92 Å². The standard InChI is InChI=1S/C11H14O2/c1-3-5-10-9(8(2)12)6-4-7-11(10)13/h4,6-7,13H,3,5H2,1-2H3. The van der Waals surface area contributed by atoms with Crippen molar-refractivity contribution < 1.29 is 9.90 Å². The van der Waals surface area contributed by atoms with Crippen LogP contribution in [0.25, 0.3) is 0 Å². The molecular weight excluding hydrogens is 164 g/mol. The molecule has 2 heteroatoms. The molecule has 0 bridgehead atoms. The number of ketones is 1. The summed E-state index contributed by atoms with van der Waals surface area (Å²) in [5, 5.41) is 9.52. The highest BCUT2D eigenvalue weighted by Gasteiger charge is 2.09. The van der Waals surface area contributed by atoms with Gasteiger partial charge in [0.15, 0.2) is 5.78 Å². The Morgan fingerprint density at radius 2 is 2.15 bits per heavy atom. The minimum atomic E-state index is 0.0133. The second-order valence-electron chi connectivity index (χ2n) is 3.11. The zero-order chi connectivity index (χ0) is 9.84. The molecule has 0 atom stereocenters. The van der Waals surface area contributed by atoms with Gasteiger partial charge in [-0.2, -0.15) is 0 Å². The normalized spacial score (nSPS) is 10.0. The smallest absolute Gasteiger partial charge is 0.160 e. The maximum atomic E-state index is 11.2. The largest absolute Gasteiger partial charge is 0.508 e. The maximum absolute atomic E-state index is 11.2. The van der Waals surface area contributed by atoms with Crippen molar-refractivity contribution in [3.63, 3.8) is 0 Å². The summed E-state index contributed by atoms with van der Waals surface area (Å²) in [4.78, 5) is 11.2. The van der Waals surface area contributed by atoms with E-state index < -0.39 is 0 Å². The summed E-state index contributed by atoms with van der Waals surface area (Å²) in [6.45, 7) is 3.55. The van der Waals surface area contributed by atoms with Gasteiger partial charge in [0.2, 0.25) is 0 Å². The van der Waals surface area contributed by atoms with Crippen molar-refractivity contribution in [1.29, 1.82) is 0 Å². The molecule has 0 aliphatic heterocycles. The van der Waals surface area contributed by atoms with E-state index in [2.05, 4.69) is 0 Å². The van der Waals surface area contributed by atoms with Crippen LogP contribution >= 0.6 is 0 Å². The van der Waals surface area contributed by atoms with Crippen LogP contribution < -0.4 is 0 Å². The number of phenols is 1. The number of aromatic hydroxyl groups is 1. The molecule has 0 heterocycles. The lowest BCUT2D eigenvalue weighted by Gasteiger charge is -2.07. The molecule has 0 unspecified atom stereocenters. The molecule has 0 saturated carbocycles. The van der Waals surface area contributed by atoms with Crippen molar-refractivity contribution in [3.05, 3.63) is 29.3 Å². The molecule has 1 N–H and O–H groups in total. The summed E-state index contributed by atoms with van der Waals surface area (Å²) in [6.07, 6.45) is 1.68. The maximum Gasteiger partial charge on any atom is 0.160 e. The fourth-order valence-electron chi connectivity index (χ4n) is 1.42. The van der Waals surface area contributed by atoms with Gasteiger partial charge < -0.3 is 5.11 Å². The van der Waals surface area contributed by atoms with E-state index in [4.69, 9.17) is 0 Å². The molecular formula is C11H14O2. The molecule has 0 spiro atoms. The molecule has 2 nitrogen and oxygen atoms in total. The van der Waals surface area contributed by atoms with Gasteiger partial charge in [-0.1, -0.05) is 25.5 Å². The first kappa shape index (κ1) is 9.78. The van der Waals surface area contributed by atoms with Crippen LogP contribution in [0.4, 0.5) is 0 Å². The Bertz CT molecular complexity index is 316. The fraction of sp³-hybridized carbons (Fsp3) is 0.364. The van der Waals surface area contributed by atoms with Gasteiger partial charge >= 0.3 is 0 Å². The first-order chi connectivity index (χ1) is 6.16. The molecule has 13 heavy (non-hydrogen) atoms. The fourth-order valence-corrected chi connectivity index (χ4v) is 1.42. The average molecular weight is 178 g/mol. The topological polar surface area (TPSA) is 37.3 Å². The molecule has 0 aromatic heterocycles. The Morgan fingerprint density at radius 3 is 2.69 bits per heavy atom. The lowest BCUT2D eigenvalue weighted by molar-refractivity contribution is 0.101. The van der Waals surface area contributed by atoms with Crippen molar-refractivity contribution in [2.75, 3.05) is 0 Å². The third kappa shape index (κ3) is 2.08. The van der Waals surface area contributed by atoms with Crippen LogP contribution in [0.1, 0.15) is 36.2 Å². The third-order valence-corrected chi connectivity index (χ3v) is 2.03. The first-order valence-electron chi connectivity index (χ1n) is 4.48. The molecule has 0 fully saturated rings. The SMILES string of the molecule is CCCc1c(O)cccc1C(C)=O. The Kier molecular flexibility index (Phi) is 3.07. The van der Waals surface area contributed by atoms with Gasteiger partial charge in [-0.25, -0.2) is 0 Å². The number of hydrogen-bond acceptors (Lipinski definition) is 2. The second-order valence-corrected chi connectivity index (χ2v) is 3.11. The number of rotatable bonds is 3. The zero-order valence-electron chi connectivity index (χ0n) is 8.00. The van der Waals surface area contributed by atoms with Gasteiger partial charge in [0, 0.05) is 11.1 Å². The lowest BCUT2D eigenvalue weighted by atomic mass is 9.99. The van der Waals surface area contributed by atoms with Crippen molar-refractivity contribution in [3.8, 4) is 5.75 Å². The Balaban J connectivity index is 3.17. The highest BCUT2D eigenvalue weighted by Crippen LogP contribution is 2.22. The van der Waals surface area contributed by atoms with Crippen molar-refractivity contribution in [2.24, 2.45) is 0 Å². The number of hydrogen-bond donors (Lipinski definition) is 1. The quantitative estimate of drug-likeness (QED) is 0.722. The average Bonchev–Trinajstić information content (AvgIpc) is 2.08. The molecule has 0 saturated heterocycles. The number of carbonyl (C=O) groups is 1. The van der Waals surface area contributed by atoms with Crippen molar-refractivity contribution >= 4 is 5.78 Å². The van der Waals surface area contributed by atoms with Crippen LogP contribution in [0.5, 0.6) is 5.75 Å². The van der Waals surface area contributed by atoms with E-state index in [1.54, 1.807) is 18.2 Å². The van der Waals surface area contributed by atoms with Crippen molar-refractivity contribution in [1.82, 2.24) is 0 Å². The van der Waals surface area contributed by atoms with E-state index in [1.165, 1.54) is 6.92 Å².